The fourth-order valence-electron chi connectivity index (χ4n) is 4.91. The molecule has 1 aromatic carbocycles. The fourth-order valence-corrected chi connectivity index (χ4v) is 6.06. The highest BCUT2D eigenvalue weighted by atomic mass is 32.1. The minimum atomic E-state index is 0.120. The molecule has 1 saturated heterocycles. The van der Waals surface area contributed by atoms with Crippen LogP contribution in [0.1, 0.15) is 10.4 Å². The fraction of sp³-hybridized carbons (Fsp3) is 0.375. The number of thiophene rings is 1. The predicted octanol–water partition coefficient (Wildman–Crippen LogP) is 2.47. The average Bonchev–Trinajstić information content (AvgIpc) is 3.23. The minimum Gasteiger partial charge on any atom is -0.367 e. The van der Waals surface area contributed by atoms with Crippen LogP contribution < -0.4 is 15.8 Å². The largest absolute Gasteiger partial charge is 0.367 e. The van der Waals surface area contributed by atoms with E-state index in [2.05, 4.69) is 49.4 Å². The van der Waals surface area contributed by atoms with Crippen LogP contribution in [0.2, 0.25) is 0 Å². The topological polar surface area (TPSA) is 66.3 Å². The number of nitrogens with one attached hydrogen (secondary N) is 1. The van der Waals surface area contributed by atoms with E-state index in [1.165, 1.54) is 21.5 Å². The SMILES string of the molecule is O=c1c2c3c(sc2ncn1CCN1CCN(c2cccc4cccnc24)CC1)CNCC3. The summed E-state index contributed by atoms with van der Waals surface area (Å²) >= 11 is 1.66. The number of aromatic nitrogens is 3. The summed E-state index contributed by atoms with van der Waals surface area (Å²) in [5, 5.41) is 5.42. The number of piperazine rings is 1. The van der Waals surface area contributed by atoms with Gasteiger partial charge in [0.15, 0.2) is 0 Å². The molecule has 0 atom stereocenters. The molecule has 7 nitrogen and oxygen atoms in total. The Morgan fingerprint density at radius 1 is 1.03 bits per heavy atom. The van der Waals surface area contributed by atoms with Crippen molar-refractivity contribution in [2.75, 3.05) is 44.2 Å². The number of benzene rings is 1. The van der Waals surface area contributed by atoms with E-state index in [0.29, 0.717) is 6.54 Å². The second-order valence-electron chi connectivity index (χ2n) is 8.53. The minimum absolute atomic E-state index is 0.120. The molecule has 5 heterocycles. The smallest absolute Gasteiger partial charge is 0.262 e. The number of fused-ring (bicyclic) bond motifs is 4. The molecule has 0 amide bonds. The normalized spacial score (nSPS) is 17.2. The van der Waals surface area contributed by atoms with E-state index in [1.54, 1.807) is 22.2 Å². The van der Waals surface area contributed by atoms with Crippen molar-refractivity contribution < 1.29 is 0 Å². The number of anilines is 1. The van der Waals surface area contributed by atoms with Crippen molar-refractivity contribution in [1.29, 1.82) is 0 Å². The molecule has 6 rings (SSSR count). The average molecular weight is 447 g/mol. The number of rotatable bonds is 4. The van der Waals surface area contributed by atoms with Crippen molar-refractivity contribution in [2.24, 2.45) is 0 Å². The summed E-state index contributed by atoms with van der Waals surface area (Å²) in [7, 11) is 0. The van der Waals surface area contributed by atoms with E-state index in [0.717, 1.165) is 68.0 Å². The lowest BCUT2D eigenvalue weighted by Gasteiger charge is -2.36. The van der Waals surface area contributed by atoms with Crippen LogP contribution in [0, 0.1) is 0 Å². The van der Waals surface area contributed by atoms with Gasteiger partial charge in [0.25, 0.3) is 5.56 Å². The Labute approximate surface area is 190 Å². The molecule has 0 radical (unpaired) electrons. The number of hydrogen-bond donors (Lipinski definition) is 1. The lowest BCUT2D eigenvalue weighted by atomic mass is 10.1. The van der Waals surface area contributed by atoms with Gasteiger partial charge in [-0.15, -0.1) is 11.3 Å². The van der Waals surface area contributed by atoms with Crippen molar-refractivity contribution in [3.8, 4) is 0 Å². The van der Waals surface area contributed by atoms with E-state index in [4.69, 9.17) is 0 Å². The maximum atomic E-state index is 13.2. The molecule has 0 spiro atoms. The van der Waals surface area contributed by atoms with Crippen molar-refractivity contribution in [1.82, 2.24) is 24.8 Å². The molecule has 3 aromatic heterocycles. The van der Waals surface area contributed by atoms with Crippen LogP contribution in [0.3, 0.4) is 0 Å². The molecule has 8 heteroatoms. The van der Waals surface area contributed by atoms with Crippen LogP contribution in [-0.2, 0) is 19.5 Å². The molecular formula is C24H26N6OS. The maximum absolute atomic E-state index is 13.2. The van der Waals surface area contributed by atoms with Gasteiger partial charge in [-0.25, -0.2) is 4.98 Å². The first kappa shape index (κ1) is 19.8. The van der Waals surface area contributed by atoms with Crippen molar-refractivity contribution in [2.45, 2.75) is 19.5 Å². The van der Waals surface area contributed by atoms with Crippen molar-refractivity contribution in [3.63, 3.8) is 0 Å². The molecule has 0 saturated carbocycles. The molecule has 2 aliphatic heterocycles. The third kappa shape index (κ3) is 3.48. The molecule has 2 aliphatic rings. The van der Waals surface area contributed by atoms with Gasteiger partial charge in [-0.2, -0.15) is 0 Å². The van der Waals surface area contributed by atoms with Gasteiger partial charge >= 0.3 is 0 Å². The lowest BCUT2D eigenvalue weighted by molar-refractivity contribution is 0.247. The summed E-state index contributed by atoms with van der Waals surface area (Å²) in [5.74, 6) is 0. The van der Waals surface area contributed by atoms with E-state index in [-0.39, 0.29) is 5.56 Å². The molecule has 0 unspecified atom stereocenters. The summed E-state index contributed by atoms with van der Waals surface area (Å²) in [5.41, 5.74) is 3.62. The zero-order valence-electron chi connectivity index (χ0n) is 18.0. The van der Waals surface area contributed by atoms with Gasteiger partial charge in [-0.05, 0) is 30.7 Å². The molecule has 0 aliphatic carbocycles. The molecule has 1 N–H and O–H groups in total. The van der Waals surface area contributed by atoms with Crippen LogP contribution in [0.4, 0.5) is 5.69 Å². The standard InChI is InChI=1S/C24H26N6OS/c31-24-21-18-6-8-25-15-20(18)32-23(21)27-16-30(24)14-11-28-9-12-29(13-10-28)19-5-1-3-17-4-2-7-26-22(17)19/h1-5,7,16,25H,6,8-15H2. The predicted molar refractivity (Wildman–Crippen MR) is 130 cm³/mol. The Morgan fingerprint density at radius 3 is 2.81 bits per heavy atom. The summed E-state index contributed by atoms with van der Waals surface area (Å²) in [6, 6.07) is 10.5. The van der Waals surface area contributed by atoms with E-state index < -0.39 is 0 Å². The highest BCUT2D eigenvalue weighted by Crippen LogP contribution is 2.29. The van der Waals surface area contributed by atoms with Crippen LogP contribution in [0.25, 0.3) is 21.1 Å². The van der Waals surface area contributed by atoms with Gasteiger partial charge in [0.2, 0.25) is 0 Å². The quantitative estimate of drug-likeness (QED) is 0.520. The zero-order valence-corrected chi connectivity index (χ0v) is 18.8. The van der Waals surface area contributed by atoms with Gasteiger partial charge in [-0.3, -0.25) is 19.2 Å². The third-order valence-electron chi connectivity index (χ3n) is 6.68. The molecular weight excluding hydrogens is 420 g/mol. The number of hydrogen-bond acceptors (Lipinski definition) is 7. The van der Waals surface area contributed by atoms with Gasteiger partial charge < -0.3 is 10.2 Å². The summed E-state index contributed by atoms with van der Waals surface area (Å²) in [6.07, 6.45) is 4.52. The number of pyridine rings is 1. The second-order valence-corrected chi connectivity index (χ2v) is 9.62. The Balaban J connectivity index is 1.14. The van der Waals surface area contributed by atoms with E-state index in [1.807, 2.05) is 12.3 Å². The van der Waals surface area contributed by atoms with E-state index in [9.17, 15) is 4.79 Å². The first-order chi connectivity index (χ1) is 15.8. The Morgan fingerprint density at radius 2 is 1.91 bits per heavy atom. The monoisotopic (exact) mass is 446 g/mol. The zero-order chi connectivity index (χ0) is 21.5. The molecule has 4 aromatic rings. The summed E-state index contributed by atoms with van der Waals surface area (Å²) in [6.45, 7) is 7.22. The Hall–Kier alpha value is -2.81. The number of para-hydroxylation sites is 1. The van der Waals surface area contributed by atoms with Crippen molar-refractivity contribution >= 4 is 38.1 Å². The first-order valence-electron chi connectivity index (χ1n) is 11.3. The second kappa shape index (κ2) is 8.27. The van der Waals surface area contributed by atoms with Gasteiger partial charge in [0.05, 0.1) is 22.9 Å². The number of nitrogens with zero attached hydrogens (tertiary/aromatic N) is 5. The Bertz CT molecular complexity index is 1330. The summed E-state index contributed by atoms with van der Waals surface area (Å²) < 4.78 is 1.80. The maximum Gasteiger partial charge on any atom is 0.262 e. The van der Waals surface area contributed by atoms with Gasteiger partial charge in [-0.1, -0.05) is 18.2 Å². The van der Waals surface area contributed by atoms with Crippen LogP contribution in [0.5, 0.6) is 0 Å². The first-order valence-corrected chi connectivity index (χ1v) is 12.1. The lowest BCUT2D eigenvalue weighted by Crippen LogP contribution is -2.47. The van der Waals surface area contributed by atoms with Gasteiger partial charge in [0.1, 0.15) is 4.83 Å². The third-order valence-corrected chi connectivity index (χ3v) is 7.82. The Kier molecular flexibility index (Phi) is 5.13. The van der Waals surface area contributed by atoms with Crippen molar-refractivity contribution in [3.05, 3.63) is 63.7 Å². The highest BCUT2D eigenvalue weighted by molar-refractivity contribution is 7.18. The van der Waals surface area contributed by atoms with Crippen LogP contribution in [0.15, 0.2) is 47.7 Å². The van der Waals surface area contributed by atoms with Crippen LogP contribution >= 0.6 is 11.3 Å². The molecule has 0 bridgehead atoms. The summed E-state index contributed by atoms with van der Waals surface area (Å²) in [4.78, 5) is 29.4. The molecule has 32 heavy (non-hydrogen) atoms. The molecule has 164 valence electrons. The van der Waals surface area contributed by atoms with Crippen LogP contribution in [-0.4, -0.2) is 58.7 Å². The highest BCUT2D eigenvalue weighted by Gasteiger charge is 2.21. The molecule has 1 fully saturated rings. The van der Waals surface area contributed by atoms with E-state index >= 15 is 0 Å². The van der Waals surface area contributed by atoms with Gasteiger partial charge in [0, 0.05) is 62.3 Å².